The van der Waals surface area contributed by atoms with Gasteiger partial charge < -0.3 is 16.0 Å². The highest BCUT2D eigenvalue weighted by molar-refractivity contribution is 6.21. The summed E-state index contributed by atoms with van der Waals surface area (Å²) >= 11 is 0. The van der Waals surface area contributed by atoms with Gasteiger partial charge in [-0.15, -0.1) is 6.42 Å². The van der Waals surface area contributed by atoms with Crippen molar-refractivity contribution in [3.63, 3.8) is 0 Å². The maximum atomic E-state index is 12.6. The van der Waals surface area contributed by atoms with Gasteiger partial charge in [-0.1, -0.05) is 31.0 Å². The molecule has 2 atom stereocenters. The number of hydrogen-bond acceptors (Lipinski definition) is 5. The predicted molar refractivity (Wildman–Crippen MR) is 107 cm³/mol. The van der Waals surface area contributed by atoms with Crippen molar-refractivity contribution in [2.24, 2.45) is 10.8 Å². The number of nitrogens with zero attached hydrogens (tertiary/aromatic N) is 2. The number of rotatable bonds is 8. The zero-order valence-electron chi connectivity index (χ0n) is 15.9. The number of terminal acetylenes is 1. The molecular weight excluding hydrogens is 342 g/mol. The number of nitrogens with one attached hydrogen (secondary N) is 2. The molecule has 27 heavy (non-hydrogen) atoms. The van der Waals surface area contributed by atoms with E-state index < -0.39 is 6.04 Å². The van der Waals surface area contributed by atoms with Crippen molar-refractivity contribution in [1.29, 1.82) is 0 Å². The summed E-state index contributed by atoms with van der Waals surface area (Å²) in [7, 11) is 0. The normalized spacial score (nSPS) is 17.0. The van der Waals surface area contributed by atoms with Crippen LogP contribution in [-0.2, 0) is 9.59 Å². The minimum absolute atomic E-state index is 0.0285. The summed E-state index contributed by atoms with van der Waals surface area (Å²) in [5.74, 6) is 2.36. The fourth-order valence-corrected chi connectivity index (χ4v) is 2.74. The third kappa shape index (κ3) is 5.31. The molecule has 7 heteroatoms. The third-order valence-electron chi connectivity index (χ3n) is 4.40. The molecule has 0 aliphatic carbocycles. The molecule has 0 aromatic heterocycles. The highest BCUT2D eigenvalue weighted by atomic mass is 16.2. The molecule has 1 aromatic rings. The Morgan fingerprint density at radius 1 is 1.44 bits per heavy atom. The lowest BCUT2D eigenvalue weighted by Gasteiger charge is -2.30. The molecule has 0 bridgehead atoms. The number of benzene rings is 1. The quantitative estimate of drug-likeness (QED) is 0.361. The van der Waals surface area contributed by atoms with E-state index in [9.17, 15) is 9.59 Å². The molecule has 0 radical (unpaired) electrons. The van der Waals surface area contributed by atoms with Gasteiger partial charge in [0.1, 0.15) is 6.04 Å². The monoisotopic (exact) mass is 369 g/mol. The van der Waals surface area contributed by atoms with Gasteiger partial charge in [-0.2, -0.15) is 5.10 Å². The second-order valence-electron chi connectivity index (χ2n) is 6.47. The van der Waals surface area contributed by atoms with E-state index in [4.69, 9.17) is 12.2 Å². The molecule has 2 amide bonds. The van der Waals surface area contributed by atoms with E-state index in [1.807, 2.05) is 38.1 Å². The molecule has 2 rings (SSSR count). The summed E-state index contributed by atoms with van der Waals surface area (Å²) in [5, 5.41) is 7.14. The highest BCUT2D eigenvalue weighted by Crippen LogP contribution is 2.28. The molecule has 4 N–H and O–H groups in total. The maximum absolute atomic E-state index is 12.6. The summed E-state index contributed by atoms with van der Waals surface area (Å²) in [4.78, 5) is 26.1. The molecule has 2 unspecified atom stereocenters. The van der Waals surface area contributed by atoms with Crippen LogP contribution in [0.25, 0.3) is 0 Å². The van der Waals surface area contributed by atoms with Crippen LogP contribution in [0.2, 0.25) is 0 Å². The summed E-state index contributed by atoms with van der Waals surface area (Å²) < 4.78 is 0. The lowest BCUT2D eigenvalue weighted by Crippen LogP contribution is -2.42. The molecule has 0 saturated heterocycles. The third-order valence-corrected chi connectivity index (χ3v) is 4.40. The molecule has 1 heterocycles. The molecule has 144 valence electrons. The Bertz CT molecular complexity index is 753. The number of anilines is 1. The molecule has 0 spiro atoms. The SMILES string of the molecule is C#CC(C)N/N=C1\CC(=O)N(CCCNC(=O)C(N)CC)c2ccccc21. The van der Waals surface area contributed by atoms with Crippen molar-refractivity contribution in [2.45, 2.75) is 45.2 Å². The van der Waals surface area contributed by atoms with Crippen LogP contribution in [0.5, 0.6) is 0 Å². The number of amides is 2. The second kappa shape index (κ2) is 9.74. The topological polar surface area (TPSA) is 99.8 Å². The van der Waals surface area contributed by atoms with Gasteiger partial charge in [-0.05, 0) is 25.8 Å². The van der Waals surface area contributed by atoms with E-state index >= 15 is 0 Å². The first kappa shape index (κ1) is 20.5. The van der Waals surface area contributed by atoms with Crippen LogP contribution in [0.1, 0.15) is 38.7 Å². The first-order valence-corrected chi connectivity index (χ1v) is 9.19. The van der Waals surface area contributed by atoms with Crippen LogP contribution in [-0.4, -0.2) is 42.7 Å². The van der Waals surface area contributed by atoms with E-state index in [1.54, 1.807) is 4.90 Å². The van der Waals surface area contributed by atoms with Crippen LogP contribution < -0.4 is 21.4 Å². The smallest absolute Gasteiger partial charge is 0.236 e. The van der Waals surface area contributed by atoms with Gasteiger partial charge in [0, 0.05) is 18.7 Å². The van der Waals surface area contributed by atoms with E-state index in [1.165, 1.54) is 0 Å². The van der Waals surface area contributed by atoms with Crippen molar-refractivity contribution < 1.29 is 9.59 Å². The average molecular weight is 369 g/mol. The number of hydrazone groups is 1. The minimum Gasteiger partial charge on any atom is -0.355 e. The Morgan fingerprint density at radius 3 is 2.89 bits per heavy atom. The minimum atomic E-state index is -0.487. The van der Waals surface area contributed by atoms with E-state index in [0.717, 1.165) is 11.3 Å². The highest BCUT2D eigenvalue weighted by Gasteiger charge is 2.28. The van der Waals surface area contributed by atoms with Crippen LogP contribution in [0.15, 0.2) is 29.4 Å². The first-order chi connectivity index (χ1) is 13.0. The second-order valence-corrected chi connectivity index (χ2v) is 6.47. The van der Waals surface area contributed by atoms with Gasteiger partial charge in [0.05, 0.1) is 23.9 Å². The van der Waals surface area contributed by atoms with Crippen molar-refractivity contribution in [3.05, 3.63) is 29.8 Å². The van der Waals surface area contributed by atoms with E-state index in [-0.39, 0.29) is 24.3 Å². The molecular formula is C20H27N5O2. The zero-order valence-corrected chi connectivity index (χ0v) is 15.9. The molecule has 7 nitrogen and oxygen atoms in total. The molecule has 1 aliphatic rings. The van der Waals surface area contributed by atoms with Crippen LogP contribution in [0.3, 0.4) is 0 Å². The number of carbonyl (C=O) groups excluding carboxylic acids is 2. The van der Waals surface area contributed by atoms with Gasteiger partial charge >= 0.3 is 0 Å². The standard InChI is InChI=1S/C20H27N5O2/c1-4-14(3)23-24-17-13-19(26)25(18-10-7-6-9-15(17)18)12-8-11-22-20(27)16(21)5-2/h1,6-7,9-10,14,16,23H,5,8,11-13,21H2,2-3H3,(H,22,27)/b24-17+. The van der Waals surface area contributed by atoms with Gasteiger partial charge in [0.15, 0.2) is 0 Å². The Balaban J connectivity index is 2.04. The Hall–Kier alpha value is -2.85. The van der Waals surface area contributed by atoms with Gasteiger partial charge in [0.25, 0.3) is 0 Å². The van der Waals surface area contributed by atoms with Crippen LogP contribution in [0, 0.1) is 12.3 Å². The van der Waals surface area contributed by atoms with Crippen LogP contribution in [0.4, 0.5) is 5.69 Å². The van der Waals surface area contributed by atoms with Crippen molar-refractivity contribution >= 4 is 23.2 Å². The van der Waals surface area contributed by atoms with E-state index in [2.05, 4.69) is 21.8 Å². The number of hydrogen-bond donors (Lipinski definition) is 3. The lowest BCUT2D eigenvalue weighted by atomic mass is 9.99. The molecule has 0 fully saturated rings. The Kier molecular flexibility index (Phi) is 7.38. The summed E-state index contributed by atoms with van der Waals surface area (Å²) in [6.07, 6.45) is 6.79. The van der Waals surface area contributed by atoms with Crippen molar-refractivity contribution in [2.75, 3.05) is 18.0 Å². The average Bonchev–Trinajstić information content (AvgIpc) is 2.69. The Labute approximate surface area is 160 Å². The number of para-hydroxylation sites is 1. The summed E-state index contributed by atoms with van der Waals surface area (Å²) in [6.45, 7) is 4.68. The molecule has 0 saturated carbocycles. The largest absolute Gasteiger partial charge is 0.355 e. The summed E-state index contributed by atoms with van der Waals surface area (Å²) in [5.41, 5.74) is 11.0. The number of carbonyl (C=O) groups is 2. The van der Waals surface area contributed by atoms with E-state index in [0.29, 0.717) is 31.6 Å². The first-order valence-electron chi connectivity index (χ1n) is 9.19. The fourth-order valence-electron chi connectivity index (χ4n) is 2.74. The number of nitrogens with two attached hydrogens (primary N) is 1. The zero-order chi connectivity index (χ0) is 19.8. The molecule has 1 aliphatic heterocycles. The fraction of sp³-hybridized carbons (Fsp3) is 0.450. The van der Waals surface area contributed by atoms with Crippen LogP contribution >= 0.6 is 0 Å². The number of fused-ring (bicyclic) bond motifs is 1. The van der Waals surface area contributed by atoms with Crippen molar-refractivity contribution in [1.82, 2.24) is 10.7 Å². The predicted octanol–water partition coefficient (Wildman–Crippen LogP) is 0.982. The Morgan fingerprint density at radius 2 is 2.19 bits per heavy atom. The lowest BCUT2D eigenvalue weighted by molar-refractivity contribution is -0.122. The molecule has 1 aromatic carbocycles. The van der Waals surface area contributed by atoms with Gasteiger partial charge in [-0.3, -0.25) is 15.0 Å². The van der Waals surface area contributed by atoms with Gasteiger partial charge in [-0.25, -0.2) is 0 Å². The maximum Gasteiger partial charge on any atom is 0.236 e. The van der Waals surface area contributed by atoms with Crippen molar-refractivity contribution in [3.8, 4) is 12.3 Å². The van der Waals surface area contributed by atoms with Gasteiger partial charge in [0.2, 0.25) is 11.8 Å². The summed E-state index contributed by atoms with van der Waals surface area (Å²) in [6, 6.07) is 6.95.